The van der Waals surface area contributed by atoms with Crippen LogP contribution in [0.15, 0.2) is 41.0 Å². The van der Waals surface area contributed by atoms with E-state index in [0.29, 0.717) is 0 Å². The SMILES string of the molecule is CNC(Cc1ccc(Br)cc1Cl)c1cc(C)ccn1. The van der Waals surface area contributed by atoms with E-state index in [1.165, 1.54) is 5.56 Å². The third-order valence-corrected chi connectivity index (χ3v) is 3.93. The molecule has 100 valence electrons. The first-order chi connectivity index (χ1) is 9.10. The molecule has 0 radical (unpaired) electrons. The van der Waals surface area contributed by atoms with E-state index in [9.17, 15) is 0 Å². The van der Waals surface area contributed by atoms with E-state index in [4.69, 9.17) is 11.6 Å². The summed E-state index contributed by atoms with van der Waals surface area (Å²) >= 11 is 9.69. The molecule has 0 fully saturated rings. The molecule has 0 spiro atoms. The highest BCUT2D eigenvalue weighted by Gasteiger charge is 2.13. The topological polar surface area (TPSA) is 24.9 Å². The summed E-state index contributed by atoms with van der Waals surface area (Å²) in [6, 6.07) is 10.3. The number of pyridine rings is 1. The smallest absolute Gasteiger partial charge is 0.0579 e. The highest BCUT2D eigenvalue weighted by Crippen LogP contribution is 2.25. The van der Waals surface area contributed by atoms with Gasteiger partial charge in [0.2, 0.25) is 0 Å². The molecule has 1 N–H and O–H groups in total. The van der Waals surface area contributed by atoms with Gasteiger partial charge >= 0.3 is 0 Å². The first-order valence-electron chi connectivity index (χ1n) is 6.14. The van der Waals surface area contributed by atoms with Crippen LogP contribution in [0.25, 0.3) is 0 Å². The third kappa shape index (κ3) is 3.78. The summed E-state index contributed by atoms with van der Waals surface area (Å²) in [6.45, 7) is 2.07. The van der Waals surface area contributed by atoms with Crippen molar-refractivity contribution in [3.05, 3.63) is 62.8 Å². The first-order valence-corrected chi connectivity index (χ1v) is 7.31. The Morgan fingerprint density at radius 3 is 2.74 bits per heavy atom. The van der Waals surface area contributed by atoms with Gasteiger partial charge in [-0.2, -0.15) is 0 Å². The van der Waals surface area contributed by atoms with Crippen LogP contribution in [0.3, 0.4) is 0 Å². The van der Waals surface area contributed by atoms with Gasteiger partial charge in [0, 0.05) is 15.7 Å². The van der Waals surface area contributed by atoms with Crippen LogP contribution in [-0.2, 0) is 6.42 Å². The lowest BCUT2D eigenvalue weighted by Gasteiger charge is -2.17. The van der Waals surface area contributed by atoms with Gasteiger partial charge in [0.05, 0.1) is 11.7 Å². The second kappa shape index (κ2) is 6.51. The van der Waals surface area contributed by atoms with E-state index in [-0.39, 0.29) is 6.04 Å². The van der Waals surface area contributed by atoms with Crippen LogP contribution in [0.1, 0.15) is 22.9 Å². The van der Waals surface area contributed by atoms with Crippen LogP contribution in [0, 0.1) is 6.92 Å². The Hall–Kier alpha value is -0.900. The van der Waals surface area contributed by atoms with Crippen LogP contribution >= 0.6 is 27.5 Å². The molecule has 0 amide bonds. The molecule has 0 aliphatic rings. The van der Waals surface area contributed by atoms with E-state index in [0.717, 1.165) is 27.2 Å². The molecule has 0 aliphatic heterocycles. The molecule has 4 heteroatoms. The molecular weight excluding hydrogens is 324 g/mol. The average Bonchev–Trinajstić information content (AvgIpc) is 2.38. The van der Waals surface area contributed by atoms with Crippen molar-refractivity contribution < 1.29 is 0 Å². The van der Waals surface area contributed by atoms with Gasteiger partial charge in [-0.25, -0.2) is 0 Å². The molecule has 1 atom stereocenters. The number of hydrogen-bond donors (Lipinski definition) is 1. The lowest BCUT2D eigenvalue weighted by molar-refractivity contribution is 0.575. The lowest BCUT2D eigenvalue weighted by atomic mass is 10.0. The molecule has 19 heavy (non-hydrogen) atoms. The summed E-state index contributed by atoms with van der Waals surface area (Å²) in [7, 11) is 1.95. The van der Waals surface area contributed by atoms with E-state index >= 15 is 0 Å². The van der Waals surface area contributed by atoms with Gasteiger partial charge < -0.3 is 5.32 Å². The standard InChI is InChI=1S/C15H16BrClN2/c1-10-5-6-19-15(7-10)14(18-2)8-11-3-4-12(16)9-13(11)17/h3-7,9,14,18H,8H2,1-2H3. The van der Waals surface area contributed by atoms with E-state index in [2.05, 4.69) is 39.2 Å². The van der Waals surface area contributed by atoms with Crippen molar-refractivity contribution in [2.45, 2.75) is 19.4 Å². The number of nitrogens with one attached hydrogen (secondary N) is 1. The molecule has 2 nitrogen and oxygen atoms in total. The molecular formula is C15H16BrClN2. The Morgan fingerprint density at radius 1 is 1.32 bits per heavy atom. The zero-order valence-electron chi connectivity index (χ0n) is 11.0. The molecule has 2 rings (SSSR count). The van der Waals surface area contributed by atoms with Gasteiger partial charge in [-0.1, -0.05) is 33.6 Å². The van der Waals surface area contributed by atoms with Gasteiger partial charge in [-0.15, -0.1) is 0 Å². The molecule has 0 bridgehead atoms. The summed E-state index contributed by atoms with van der Waals surface area (Å²) in [6.07, 6.45) is 2.66. The summed E-state index contributed by atoms with van der Waals surface area (Å²) in [5.41, 5.74) is 3.38. The van der Waals surface area contributed by atoms with Crippen molar-refractivity contribution in [2.75, 3.05) is 7.05 Å². The predicted molar refractivity (Wildman–Crippen MR) is 83.6 cm³/mol. The van der Waals surface area contributed by atoms with Gasteiger partial charge in [0.25, 0.3) is 0 Å². The Bertz CT molecular complexity index is 572. The zero-order chi connectivity index (χ0) is 13.8. The largest absolute Gasteiger partial charge is 0.311 e. The maximum Gasteiger partial charge on any atom is 0.0579 e. The summed E-state index contributed by atoms with van der Waals surface area (Å²) in [5.74, 6) is 0. The highest BCUT2D eigenvalue weighted by atomic mass is 79.9. The van der Waals surface area contributed by atoms with E-state index in [1.54, 1.807) is 0 Å². The fourth-order valence-electron chi connectivity index (χ4n) is 2.01. The minimum absolute atomic E-state index is 0.165. The van der Waals surface area contributed by atoms with Gasteiger partial charge in [-0.05, 0) is 55.8 Å². The quantitative estimate of drug-likeness (QED) is 0.898. The van der Waals surface area contributed by atoms with Crippen molar-refractivity contribution in [2.24, 2.45) is 0 Å². The number of benzene rings is 1. The fourth-order valence-corrected chi connectivity index (χ4v) is 2.76. The molecule has 0 aliphatic carbocycles. The number of rotatable bonds is 4. The average molecular weight is 340 g/mol. The maximum absolute atomic E-state index is 6.27. The minimum Gasteiger partial charge on any atom is -0.311 e. The lowest BCUT2D eigenvalue weighted by Crippen LogP contribution is -2.20. The van der Waals surface area contributed by atoms with Crippen LogP contribution in [0.4, 0.5) is 0 Å². The Kier molecular flexibility index (Phi) is 4.97. The van der Waals surface area contributed by atoms with Crippen LogP contribution in [0.5, 0.6) is 0 Å². The van der Waals surface area contributed by atoms with Gasteiger partial charge in [-0.3, -0.25) is 4.98 Å². The number of aromatic nitrogens is 1. The molecule has 0 saturated heterocycles. The van der Waals surface area contributed by atoms with Crippen molar-refractivity contribution >= 4 is 27.5 Å². The van der Waals surface area contributed by atoms with Crippen LogP contribution in [-0.4, -0.2) is 12.0 Å². The van der Waals surface area contributed by atoms with Crippen molar-refractivity contribution in [1.82, 2.24) is 10.3 Å². The van der Waals surface area contributed by atoms with Crippen molar-refractivity contribution in [1.29, 1.82) is 0 Å². The third-order valence-electron chi connectivity index (χ3n) is 3.08. The number of halogens is 2. The monoisotopic (exact) mass is 338 g/mol. The number of hydrogen-bond acceptors (Lipinski definition) is 2. The van der Waals surface area contributed by atoms with Gasteiger partial charge in [0.15, 0.2) is 0 Å². The Labute approximate surface area is 127 Å². The molecule has 1 heterocycles. The summed E-state index contributed by atoms with van der Waals surface area (Å²) in [4.78, 5) is 4.44. The Balaban J connectivity index is 2.24. The van der Waals surface area contributed by atoms with Gasteiger partial charge in [0.1, 0.15) is 0 Å². The van der Waals surface area contributed by atoms with Crippen molar-refractivity contribution in [3.63, 3.8) is 0 Å². The number of aryl methyl sites for hydroxylation is 1. The predicted octanol–water partition coefficient (Wildman–Crippen LogP) is 4.31. The zero-order valence-corrected chi connectivity index (χ0v) is 13.3. The van der Waals surface area contributed by atoms with Crippen LogP contribution in [0.2, 0.25) is 5.02 Å². The normalized spacial score (nSPS) is 12.4. The van der Waals surface area contributed by atoms with Crippen LogP contribution < -0.4 is 5.32 Å². The summed E-state index contributed by atoms with van der Waals surface area (Å²) in [5, 5.41) is 4.08. The minimum atomic E-state index is 0.165. The molecule has 1 aromatic carbocycles. The fraction of sp³-hybridized carbons (Fsp3) is 0.267. The highest BCUT2D eigenvalue weighted by molar-refractivity contribution is 9.10. The molecule has 2 aromatic rings. The first kappa shape index (κ1) is 14.5. The van der Waals surface area contributed by atoms with Crippen molar-refractivity contribution in [3.8, 4) is 0 Å². The Morgan fingerprint density at radius 2 is 2.11 bits per heavy atom. The molecule has 1 unspecified atom stereocenters. The number of likely N-dealkylation sites (N-methyl/N-ethyl adjacent to an activating group) is 1. The van der Waals surface area contributed by atoms with E-state index in [1.807, 2.05) is 37.5 Å². The summed E-state index contributed by atoms with van der Waals surface area (Å²) < 4.78 is 0.996. The molecule has 1 aromatic heterocycles. The van der Waals surface area contributed by atoms with E-state index < -0.39 is 0 Å². The maximum atomic E-state index is 6.27. The number of nitrogens with zero attached hydrogens (tertiary/aromatic N) is 1. The second-order valence-corrected chi connectivity index (χ2v) is 5.86. The molecule has 0 saturated carbocycles. The second-order valence-electron chi connectivity index (χ2n) is 4.54.